The molecule has 0 bridgehead atoms. The third-order valence-corrected chi connectivity index (χ3v) is 5.14. The number of thiophene rings is 1. The maximum absolute atomic E-state index is 5.97. The van der Waals surface area contributed by atoms with Crippen molar-refractivity contribution in [1.82, 2.24) is 4.98 Å². The van der Waals surface area contributed by atoms with E-state index in [0.29, 0.717) is 6.54 Å². The topological polar surface area (TPSA) is 38.9 Å². The van der Waals surface area contributed by atoms with Crippen molar-refractivity contribution in [1.29, 1.82) is 0 Å². The summed E-state index contributed by atoms with van der Waals surface area (Å²) < 4.78 is 0.803. The fourth-order valence-corrected chi connectivity index (χ4v) is 4.11. The van der Waals surface area contributed by atoms with Crippen LogP contribution in [0.1, 0.15) is 21.4 Å². The minimum atomic E-state index is 0.219. The summed E-state index contributed by atoms with van der Waals surface area (Å²) in [6.07, 6.45) is 0. The number of thioether (sulfide) groups is 1. The van der Waals surface area contributed by atoms with Crippen LogP contribution in [0.2, 0.25) is 4.34 Å². The number of hydrogen-bond acceptors (Lipinski definition) is 4. The number of aryl methyl sites for hydroxylation is 2. The Hall–Kier alpha value is -0.550. The Morgan fingerprint density at radius 2 is 2.17 bits per heavy atom. The maximum Gasteiger partial charge on any atom is 0.0972 e. The predicted molar refractivity (Wildman–Crippen MR) is 80.7 cm³/mol. The van der Waals surface area contributed by atoms with Crippen LogP contribution in [-0.4, -0.2) is 11.5 Å². The van der Waals surface area contributed by atoms with Gasteiger partial charge in [0.25, 0.3) is 0 Å². The van der Waals surface area contributed by atoms with Gasteiger partial charge < -0.3 is 5.73 Å². The number of hydrogen-bond donors (Lipinski definition) is 1. The molecule has 2 aromatic heterocycles. The van der Waals surface area contributed by atoms with E-state index in [2.05, 4.69) is 24.0 Å². The zero-order valence-electron chi connectivity index (χ0n) is 10.3. The third-order valence-electron chi connectivity index (χ3n) is 2.46. The zero-order chi connectivity index (χ0) is 13.1. The van der Waals surface area contributed by atoms with Crippen LogP contribution in [0.3, 0.4) is 0 Å². The van der Waals surface area contributed by atoms with Gasteiger partial charge in [-0.1, -0.05) is 23.4 Å². The van der Waals surface area contributed by atoms with Gasteiger partial charge >= 0.3 is 0 Å². The first-order valence-electron chi connectivity index (χ1n) is 5.65. The lowest BCUT2D eigenvalue weighted by molar-refractivity contribution is 0.947. The average Bonchev–Trinajstić information content (AvgIpc) is 2.71. The Bertz CT molecular complexity index is 519. The molecule has 0 spiro atoms. The number of nitrogens with two attached hydrogens (primary N) is 1. The molecule has 1 atom stereocenters. The zero-order valence-corrected chi connectivity index (χ0v) is 12.7. The fourth-order valence-electron chi connectivity index (χ4n) is 1.73. The number of halogens is 1. The van der Waals surface area contributed by atoms with Crippen LogP contribution in [-0.2, 0) is 0 Å². The van der Waals surface area contributed by atoms with E-state index in [9.17, 15) is 0 Å². The molecule has 18 heavy (non-hydrogen) atoms. The minimum Gasteiger partial charge on any atom is -0.329 e. The molecule has 1 unspecified atom stereocenters. The lowest BCUT2D eigenvalue weighted by Crippen LogP contribution is -2.08. The lowest BCUT2D eigenvalue weighted by Gasteiger charge is -2.12. The molecule has 2 heterocycles. The van der Waals surface area contributed by atoms with Gasteiger partial charge in [-0.15, -0.1) is 11.3 Å². The second-order valence-electron chi connectivity index (χ2n) is 4.11. The molecule has 2 aromatic rings. The van der Waals surface area contributed by atoms with Crippen LogP contribution in [0, 0.1) is 13.8 Å². The molecule has 0 aliphatic rings. The van der Waals surface area contributed by atoms with E-state index in [1.165, 1.54) is 10.4 Å². The highest BCUT2D eigenvalue weighted by Gasteiger charge is 2.14. The highest BCUT2D eigenvalue weighted by atomic mass is 35.5. The summed E-state index contributed by atoms with van der Waals surface area (Å²) in [6, 6.07) is 8.12. The Morgan fingerprint density at radius 1 is 1.39 bits per heavy atom. The molecule has 0 saturated carbocycles. The van der Waals surface area contributed by atoms with Gasteiger partial charge in [-0.3, -0.25) is 0 Å². The van der Waals surface area contributed by atoms with Crippen molar-refractivity contribution in [3.05, 3.63) is 44.7 Å². The van der Waals surface area contributed by atoms with Gasteiger partial charge in [0.2, 0.25) is 0 Å². The maximum atomic E-state index is 5.97. The third kappa shape index (κ3) is 3.48. The Balaban J connectivity index is 2.20. The number of nitrogens with zero attached hydrogens (tertiary/aromatic N) is 1. The monoisotopic (exact) mass is 298 g/mol. The Morgan fingerprint density at radius 3 is 2.72 bits per heavy atom. The van der Waals surface area contributed by atoms with Crippen LogP contribution in [0.4, 0.5) is 0 Å². The average molecular weight is 299 g/mol. The van der Waals surface area contributed by atoms with Gasteiger partial charge in [0.15, 0.2) is 0 Å². The van der Waals surface area contributed by atoms with Crippen LogP contribution in [0.25, 0.3) is 0 Å². The van der Waals surface area contributed by atoms with Crippen molar-refractivity contribution in [2.45, 2.75) is 24.1 Å². The quantitative estimate of drug-likeness (QED) is 0.860. The van der Waals surface area contributed by atoms with Gasteiger partial charge in [-0.05, 0) is 43.7 Å². The second-order valence-corrected chi connectivity index (χ2v) is 7.08. The van der Waals surface area contributed by atoms with Gasteiger partial charge in [0.1, 0.15) is 0 Å². The van der Waals surface area contributed by atoms with Gasteiger partial charge in [-0.25, -0.2) is 4.98 Å². The molecule has 0 aromatic carbocycles. The lowest BCUT2D eigenvalue weighted by atomic mass is 10.3. The minimum absolute atomic E-state index is 0.219. The van der Waals surface area contributed by atoms with Gasteiger partial charge in [0, 0.05) is 17.1 Å². The largest absolute Gasteiger partial charge is 0.329 e. The predicted octanol–water partition coefficient (Wildman–Crippen LogP) is 4.21. The first-order chi connectivity index (χ1) is 8.58. The first-order valence-corrected chi connectivity index (χ1v) is 7.73. The van der Waals surface area contributed by atoms with Crippen molar-refractivity contribution in [2.75, 3.05) is 6.54 Å². The molecule has 0 radical (unpaired) electrons. The van der Waals surface area contributed by atoms with E-state index < -0.39 is 0 Å². The standard InChI is InChI=1S/C13H15ClN2S2/c1-8-5-9(2)16-13(6-8)18-11(7-15)10-3-4-12(14)17-10/h3-6,11H,7,15H2,1-2H3. The van der Waals surface area contributed by atoms with Gasteiger partial charge in [-0.2, -0.15) is 0 Å². The molecule has 2 rings (SSSR count). The van der Waals surface area contributed by atoms with Crippen molar-refractivity contribution in [3.63, 3.8) is 0 Å². The van der Waals surface area contributed by atoms with E-state index >= 15 is 0 Å². The van der Waals surface area contributed by atoms with E-state index in [1.807, 2.05) is 19.1 Å². The molecule has 5 heteroatoms. The van der Waals surface area contributed by atoms with Crippen molar-refractivity contribution >= 4 is 34.7 Å². The Kier molecular flexibility index (Phi) is 4.67. The molecular formula is C13H15ClN2S2. The molecule has 96 valence electrons. The molecule has 2 nitrogen and oxygen atoms in total. The first kappa shape index (κ1) is 13.9. The van der Waals surface area contributed by atoms with Crippen LogP contribution in [0.5, 0.6) is 0 Å². The molecule has 0 aliphatic heterocycles. The van der Waals surface area contributed by atoms with Crippen LogP contribution < -0.4 is 5.73 Å². The summed E-state index contributed by atoms with van der Waals surface area (Å²) in [5, 5.41) is 1.24. The molecule has 0 amide bonds. The molecule has 0 aliphatic carbocycles. The van der Waals surface area contributed by atoms with E-state index in [0.717, 1.165) is 15.1 Å². The van der Waals surface area contributed by atoms with Crippen molar-refractivity contribution in [2.24, 2.45) is 5.73 Å². The Labute approximate surface area is 121 Å². The molecular weight excluding hydrogens is 284 g/mol. The summed E-state index contributed by atoms with van der Waals surface area (Å²) >= 11 is 9.25. The van der Waals surface area contributed by atoms with Crippen molar-refractivity contribution < 1.29 is 0 Å². The smallest absolute Gasteiger partial charge is 0.0972 e. The summed E-state index contributed by atoms with van der Waals surface area (Å²) in [7, 11) is 0. The summed E-state index contributed by atoms with van der Waals surface area (Å²) in [6.45, 7) is 4.67. The highest BCUT2D eigenvalue weighted by molar-refractivity contribution is 7.99. The van der Waals surface area contributed by atoms with Crippen LogP contribution >= 0.6 is 34.7 Å². The summed E-state index contributed by atoms with van der Waals surface area (Å²) in [5.41, 5.74) is 8.12. The molecule has 2 N–H and O–H groups in total. The van der Waals surface area contributed by atoms with Gasteiger partial charge in [0.05, 0.1) is 14.6 Å². The van der Waals surface area contributed by atoms with Crippen LogP contribution in [0.15, 0.2) is 29.3 Å². The highest BCUT2D eigenvalue weighted by Crippen LogP contribution is 2.38. The molecule has 0 saturated heterocycles. The number of aromatic nitrogens is 1. The fraction of sp³-hybridized carbons (Fsp3) is 0.308. The second kappa shape index (κ2) is 6.06. The van der Waals surface area contributed by atoms with E-state index in [1.54, 1.807) is 23.1 Å². The van der Waals surface area contributed by atoms with E-state index in [4.69, 9.17) is 17.3 Å². The van der Waals surface area contributed by atoms with Crippen molar-refractivity contribution in [3.8, 4) is 0 Å². The number of pyridine rings is 1. The summed E-state index contributed by atoms with van der Waals surface area (Å²) in [4.78, 5) is 5.74. The SMILES string of the molecule is Cc1cc(C)nc(SC(CN)c2ccc(Cl)s2)c1. The molecule has 0 fully saturated rings. The number of rotatable bonds is 4. The normalized spacial score (nSPS) is 12.7. The summed E-state index contributed by atoms with van der Waals surface area (Å²) in [5.74, 6) is 0. The van der Waals surface area contributed by atoms with E-state index in [-0.39, 0.29) is 5.25 Å².